The van der Waals surface area contributed by atoms with Crippen LogP contribution in [0.4, 0.5) is 0 Å². The molecule has 0 bridgehead atoms. The number of fused-ring (bicyclic) bond motifs is 1. The lowest BCUT2D eigenvalue weighted by Crippen LogP contribution is -2.54. The van der Waals surface area contributed by atoms with E-state index in [4.69, 9.17) is 0 Å². The molecule has 2 aliphatic carbocycles. The van der Waals surface area contributed by atoms with Gasteiger partial charge >= 0.3 is 0 Å². The van der Waals surface area contributed by atoms with E-state index in [0.29, 0.717) is 0 Å². The van der Waals surface area contributed by atoms with Gasteiger partial charge in [-0.25, -0.2) is 0 Å². The number of aliphatic hydroxyl groups excluding tert-OH is 2. The Morgan fingerprint density at radius 1 is 1.35 bits per heavy atom. The fourth-order valence-electron chi connectivity index (χ4n) is 3.84. The molecule has 0 heterocycles. The molecule has 0 radical (unpaired) electrons. The largest absolute Gasteiger partial charge is 0.393 e. The number of aliphatic hydroxyl groups is 2. The van der Waals surface area contributed by atoms with Crippen LogP contribution in [0.25, 0.3) is 0 Å². The van der Waals surface area contributed by atoms with Gasteiger partial charge in [-0.15, -0.1) is 0 Å². The minimum atomic E-state index is -0.423. The summed E-state index contributed by atoms with van der Waals surface area (Å²) in [5.74, 6) is 0.192. The third kappa shape index (κ3) is 1.88. The molecule has 0 unspecified atom stereocenters. The zero-order chi connectivity index (χ0) is 12.8. The second-order valence-electron chi connectivity index (χ2n) is 6.18. The molecular formula is C15H24O2. The molecule has 2 aliphatic rings. The van der Waals surface area contributed by atoms with Crippen LogP contribution in [0.3, 0.4) is 0 Å². The molecule has 0 aliphatic heterocycles. The van der Waals surface area contributed by atoms with E-state index in [0.717, 1.165) is 36.8 Å². The van der Waals surface area contributed by atoms with Crippen LogP contribution in [0.5, 0.6) is 0 Å². The smallest absolute Gasteiger partial charge is 0.0676 e. The summed E-state index contributed by atoms with van der Waals surface area (Å²) in [4.78, 5) is 0. The fraction of sp³-hybridized carbons (Fsp3) is 0.733. The molecular weight excluding hydrogens is 212 g/mol. The lowest BCUT2D eigenvalue weighted by molar-refractivity contribution is -0.107. The van der Waals surface area contributed by atoms with Crippen molar-refractivity contribution in [1.82, 2.24) is 0 Å². The van der Waals surface area contributed by atoms with Crippen LogP contribution in [-0.2, 0) is 0 Å². The van der Waals surface area contributed by atoms with Gasteiger partial charge in [-0.05, 0) is 32.6 Å². The average molecular weight is 236 g/mol. The first-order valence-corrected chi connectivity index (χ1v) is 6.57. The normalized spacial score (nSPS) is 46.5. The van der Waals surface area contributed by atoms with Gasteiger partial charge in [-0.3, -0.25) is 0 Å². The second kappa shape index (κ2) is 4.25. The Labute approximate surface area is 104 Å². The molecule has 2 saturated carbocycles. The maximum Gasteiger partial charge on any atom is 0.0676 e. The van der Waals surface area contributed by atoms with Crippen LogP contribution in [0.2, 0.25) is 0 Å². The highest BCUT2D eigenvalue weighted by Gasteiger charge is 2.52. The molecule has 96 valence electrons. The van der Waals surface area contributed by atoms with E-state index >= 15 is 0 Å². The van der Waals surface area contributed by atoms with Crippen LogP contribution < -0.4 is 0 Å². The molecule has 2 heteroatoms. The highest BCUT2D eigenvalue weighted by molar-refractivity contribution is 5.20. The Balaban J connectivity index is 2.32. The Morgan fingerprint density at radius 3 is 2.59 bits per heavy atom. The van der Waals surface area contributed by atoms with Gasteiger partial charge in [-0.1, -0.05) is 31.2 Å². The van der Waals surface area contributed by atoms with E-state index < -0.39 is 6.10 Å². The van der Waals surface area contributed by atoms with E-state index in [1.807, 2.05) is 6.92 Å². The fourth-order valence-corrected chi connectivity index (χ4v) is 3.84. The van der Waals surface area contributed by atoms with Crippen molar-refractivity contribution in [3.63, 3.8) is 0 Å². The van der Waals surface area contributed by atoms with Crippen molar-refractivity contribution in [2.45, 2.75) is 51.7 Å². The van der Waals surface area contributed by atoms with Crippen molar-refractivity contribution in [3.8, 4) is 0 Å². The highest BCUT2D eigenvalue weighted by Crippen LogP contribution is 2.54. The van der Waals surface area contributed by atoms with Gasteiger partial charge in [0.2, 0.25) is 0 Å². The second-order valence-corrected chi connectivity index (χ2v) is 6.18. The molecule has 0 aromatic heterocycles. The Hall–Kier alpha value is -0.600. The van der Waals surface area contributed by atoms with Crippen molar-refractivity contribution in [3.05, 3.63) is 24.3 Å². The van der Waals surface area contributed by atoms with Gasteiger partial charge in [0.25, 0.3) is 0 Å². The van der Waals surface area contributed by atoms with Crippen molar-refractivity contribution >= 4 is 0 Å². The Bertz CT molecular complexity index is 347. The molecule has 2 N–H and O–H groups in total. The van der Waals surface area contributed by atoms with Crippen molar-refractivity contribution in [2.24, 2.45) is 17.3 Å². The summed E-state index contributed by atoms with van der Waals surface area (Å²) in [6.45, 7) is 12.2. The van der Waals surface area contributed by atoms with Gasteiger partial charge in [0.05, 0.1) is 12.2 Å². The summed E-state index contributed by atoms with van der Waals surface area (Å²) in [7, 11) is 0. The zero-order valence-corrected chi connectivity index (χ0v) is 10.9. The lowest BCUT2D eigenvalue weighted by Gasteiger charge is -2.53. The van der Waals surface area contributed by atoms with Crippen LogP contribution in [0.15, 0.2) is 24.3 Å². The van der Waals surface area contributed by atoms with E-state index in [1.165, 1.54) is 0 Å². The maximum atomic E-state index is 10.6. The number of hydrogen-bond acceptors (Lipinski definition) is 2. The molecule has 17 heavy (non-hydrogen) atoms. The summed E-state index contributed by atoms with van der Waals surface area (Å²) >= 11 is 0. The molecule has 2 rings (SSSR count). The van der Waals surface area contributed by atoms with E-state index in [-0.39, 0.29) is 23.4 Å². The van der Waals surface area contributed by atoms with Crippen LogP contribution in [0, 0.1) is 17.3 Å². The topological polar surface area (TPSA) is 40.5 Å². The monoisotopic (exact) mass is 236 g/mol. The first kappa shape index (κ1) is 12.8. The summed E-state index contributed by atoms with van der Waals surface area (Å²) in [5, 5.41) is 20.8. The molecule has 0 spiro atoms. The average Bonchev–Trinajstić information content (AvgIpc) is 2.23. The van der Waals surface area contributed by atoms with Crippen molar-refractivity contribution in [2.75, 3.05) is 0 Å². The predicted octanol–water partition coefficient (Wildman–Crippen LogP) is 2.67. The van der Waals surface area contributed by atoms with Gasteiger partial charge < -0.3 is 10.2 Å². The number of hydrogen-bond donors (Lipinski definition) is 2. The molecule has 2 nitrogen and oxygen atoms in total. The molecule has 0 aromatic carbocycles. The molecule has 2 fully saturated rings. The van der Waals surface area contributed by atoms with E-state index in [2.05, 4.69) is 20.1 Å². The lowest BCUT2D eigenvalue weighted by atomic mass is 9.54. The van der Waals surface area contributed by atoms with Crippen LogP contribution in [-0.4, -0.2) is 22.4 Å². The van der Waals surface area contributed by atoms with Gasteiger partial charge in [0, 0.05) is 17.3 Å². The predicted molar refractivity (Wildman–Crippen MR) is 69.5 cm³/mol. The minimum Gasteiger partial charge on any atom is -0.393 e. The van der Waals surface area contributed by atoms with E-state index in [9.17, 15) is 10.2 Å². The Kier molecular flexibility index (Phi) is 3.21. The summed E-state index contributed by atoms with van der Waals surface area (Å²) in [6, 6.07) is 0. The van der Waals surface area contributed by atoms with Crippen LogP contribution >= 0.6 is 0 Å². The number of rotatable bonds is 1. The SMILES string of the molecule is C=C1CC[C@@H](O)[C@]2(C)CC[C@@H](C(=C)C)[C@H](O)[C@@H]12. The molecule has 0 aromatic rings. The van der Waals surface area contributed by atoms with Gasteiger partial charge in [0.15, 0.2) is 0 Å². The van der Waals surface area contributed by atoms with Crippen molar-refractivity contribution < 1.29 is 10.2 Å². The minimum absolute atomic E-state index is 0.0294. The molecule has 0 amide bonds. The Morgan fingerprint density at radius 2 is 2.00 bits per heavy atom. The third-order valence-corrected chi connectivity index (χ3v) is 5.03. The zero-order valence-electron chi connectivity index (χ0n) is 10.9. The third-order valence-electron chi connectivity index (χ3n) is 5.03. The van der Waals surface area contributed by atoms with Crippen molar-refractivity contribution in [1.29, 1.82) is 0 Å². The highest BCUT2D eigenvalue weighted by atomic mass is 16.3. The quantitative estimate of drug-likeness (QED) is 0.687. The summed E-state index contributed by atoms with van der Waals surface area (Å²) in [6.07, 6.45) is 2.77. The standard InChI is InChI=1S/C15H24O2/c1-9(2)11-7-8-15(4)12(16)6-5-10(3)13(15)14(11)17/h11-14,16-17H,1,3,5-8H2,2,4H3/t11-,12+,13+,14-,15-/m0/s1. The maximum absolute atomic E-state index is 10.6. The first-order valence-electron chi connectivity index (χ1n) is 6.57. The van der Waals surface area contributed by atoms with E-state index in [1.54, 1.807) is 0 Å². The molecule has 0 saturated heterocycles. The van der Waals surface area contributed by atoms with Gasteiger partial charge in [-0.2, -0.15) is 0 Å². The summed E-state index contributed by atoms with van der Waals surface area (Å²) in [5.41, 5.74) is 1.96. The van der Waals surface area contributed by atoms with Crippen LogP contribution in [0.1, 0.15) is 39.5 Å². The molecule has 5 atom stereocenters. The summed E-state index contributed by atoms with van der Waals surface area (Å²) < 4.78 is 0. The van der Waals surface area contributed by atoms with Gasteiger partial charge in [0.1, 0.15) is 0 Å². The first-order chi connectivity index (χ1) is 7.88.